The molecule has 7 N–H and O–H groups in total. The number of azo groups is 1. The zero-order valence-electron chi connectivity index (χ0n) is 23.8. The van der Waals surface area contributed by atoms with Crippen molar-refractivity contribution >= 4 is 66.0 Å². The van der Waals surface area contributed by atoms with Crippen LogP contribution in [0.1, 0.15) is 32.1 Å². The number of hydrogen-bond acceptors (Lipinski definition) is 13. The average Bonchev–Trinajstić information content (AvgIpc) is 2.99. The van der Waals surface area contributed by atoms with Gasteiger partial charge in [0.25, 0.3) is 20.2 Å². The molecule has 0 saturated heterocycles. The third kappa shape index (κ3) is 7.00. The van der Waals surface area contributed by atoms with Crippen LogP contribution < -0.4 is 11.0 Å². The second-order valence-corrected chi connectivity index (χ2v) is 12.6. The summed E-state index contributed by atoms with van der Waals surface area (Å²) in [5, 5.41) is 39.4. The van der Waals surface area contributed by atoms with Gasteiger partial charge in [-0.3, -0.25) is 14.1 Å². The maximum absolute atomic E-state index is 12.5. The minimum Gasteiger partial charge on any atom is -0.505 e. The normalized spacial score (nSPS) is 12.0. The maximum atomic E-state index is 12.5. The van der Waals surface area contributed by atoms with Gasteiger partial charge in [-0.05, 0) is 47.3 Å². The van der Waals surface area contributed by atoms with Crippen LogP contribution in [-0.2, 0) is 26.7 Å². The molecule has 0 aliphatic heterocycles. The fraction of sp³-hybridized carbons (Fsp3) is 0.0357. The minimum absolute atomic E-state index is 0.0782. The van der Waals surface area contributed by atoms with E-state index in [1.54, 1.807) is 6.07 Å². The van der Waals surface area contributed by atoms with Gasteiger partial charge in [0.05, 0.1) is 21.7 Å². The van der Waals surface area contributed by atoms with Crippen molar-refractivity contribution in [1.29, 1.82) is 0 Å². The summed E-state index contributed by atoms with van der Waals surface area (Å²) in [7, 11) is -10.2. The predicted molar refractivity (Wildman–Crippen MR) is 165 cm³/mol. The Bertz CT molecular complexity index is 2460. The molecule has 1 aromatic heterocycles. The standard InChI is InChI=1S/C28H20N6O12S2/c35-24-22-14(10-20(48(44,45)46)23(24)34-33-18-8-4-3-7-17(18)26(38)39)9-15(47(41,42)43)12-19(22)29-27-30-21(31-28(40)32-27)11-13-5-1-2-6-16(13)25(36)37/h1-10,12,35H,11H2,(H,36,37)(H,38,39)(H,41,42,43)(H,44,45,46)(H2,29,30,31,32,40). The summed E-state index contributed by atoms with van der Waals surface area (Å²) < 4.78 is 68.7. The molecular formula is C28H20N6O12S2. The van der Waals surface area contributed by atoms with E-state index < -0.39 is 81.5 Å². The molecule has 48 heavy (non-hydrogen) atoms. The van der Waals surface area contributed by atoms with Gasteiger partial charge < -0.3 is 20.6 Å². The number of benzene rings is 4. The molecule has 0 saturated carbocycles. The monoisotopic (exact) mass is 696 g/mol. The topological polar surface area (TPSA) is 299 Å². The fourth-order valence-electron chi connectivity index (χ4n) is 4.60. The van der Waals surface area contributed by atoms with Crippen molar-refractivity contribution in [3.05, 3.63) is 99.7 Å². The number of nitrogens with zero attached hydrogens (tertiary/aromatic N) is 4. The Balaban J connectivity index is 1.72. The highest BCUT2D eigenvalue weighted by Gasteiger charge is 2.26. The number of aromatic carboxylic acids is 2. The summed E-state index contributed by atoms with van der Waals surface area (Å²) in [5.41, 5.74) is -2.72. The average molecular weight is 697 g/mol. The van der Waals surface area contributed by atoms with E-state index in [4.69, 9.17) is 0 Å². The van der Waals surface area contributed by atoms with E-state index >= 15 is 0 Å². The third-order valence-electron chi connectivity index (χ3n) is 6.64. The smallest absolute Gasteiger partial charge is 0.349 e. The Morgan fingerprint density at radius 1 is 0.833 bits per heavy atom. The Labute approximate surface area is 268 Å². The molecule has 0 unspecified atom stereocenters. The summed E-state index contributed by atoms with van der Waals surface area (Å²) in [6.45, 7) is 0. The Morgan fingerprint density at radius 3 is 2.12 bits per heavy atom. The van der Waals surface area contributed by atoms with Crippen molar-refractivity contribution in [2.75, 3.05) is 5.32 Å². The second-order valence-electron chi connectivity index (χ2n) is 9.80. The lowest BCUT2D eigenvalue weighted by atomic mass is 10.0. The molecule has 5 rings (SSSR count). The highest BCUT2D eigenvalue weighted by molar-refractivity contribution is 7.86. The summed E-state index contributed by atoms with van der Waals surface area (Å²) in [4.78, 5) is 43.9. The SMILES string of the molecule is O=C(O)c1ccccc1Cc1nc(Nc2cc(S(=O)(=O)O)cc3cc(S(=O)(=O)O)c(N=Nc4ccccc4C(=O)O)c(O)c23)nc(=O)[nH]1. The van der Waals surface area contributed by atoms with Crippen molar-refractivity contribution in [3.63, 3.8) is 0 Å². The number of aromatic hydroxyl groups is 1. The fourth-order valence-corrected chi connectivity index (χ4v) is 5.80. The number of phenolic OH excluding ortho intramolecular Hbond substituents is 1. The Kier molecular flexibility index (Phi) is 8.74. The molecule has 0 bridgehead atoms. The van der Waals surface area contributed by atoms with E-state index in [1.165, 1.54) is 42.5 Å². The number of aromatic nitrogens is 3. The number of rotatable bonds is 10. The first-order valence-corrected chi connectivity index (χ1v) is 16.0. The first kappa shape index (κ1) is 33.3. The predicted octanol–water partition coefficient (Wildman–Crippen LogP) is 3.66. The number of aromatic amines is 1. The van der Waals surface area contributed by atoms with E-state index in [0.717, 1.165) is 12.1 Å². The van der Waals surface area contributed by atoms with Gasteiger partial charge >= 0.3 is 17.6 Å². The molecule has 18 nitrogen and oxygen atoms in total. The molecule has 0 radical (unpaired) electrons. The third-order valence-corrected chi connectivity index (χ3v) is 8.34. The van der Waals surface area contributed by atoms with Crippen LogP contribution in [0, 0.1) is 0 Å². The molecule has 0 spiro atoms. The van der Waals surface area contributed by atoms with E-state index in [-0.39, 0.29) is 34.6 Å². The van der Waals surface area contributed by atoms with Crippen molar-refractivity contribution in [1.82, 2.24) is 15.0 Å². The molecule has 0 atom stereocenters. The second kappa shape index (κ2) is 12.6. The lowest BCUT2D eigenvalue weighted by Gasteiger charge is -2.15. The Hall–Kier alpha value is -6.09. The molecule has 0 fully saturated rings. The molecule has 0 aliphatic carbocycles. The van der Waals surface area contributed by atoms with Gasteiger partial charge in [0.1, 0.15) is 22.1 Å². The minimum atomic E-state index is -5.22. The molecule has 5 aromatic rings. The number of nitrogens with one attached hydrogen (secondary N) is 2. The number of fused-ring (bicyclic) bond motifs is 1. The highest BCUT2D eigenvalue weighted by Crippen LogP contribution is 2.45. The summed E-state index contributed by atoms with van der Waals surface area (Å²) in [5.74, 6) is -4.28. The largest absolute Gasteiger partial charge is 0.505 e. The van der Waals surface area contributed by atoms with Gasteiger partial charge in [-0.15, -0.1) is 10.2 Å². The van der Waals surface area contributed by atoms with E-state index in [2.05, 4.69) is 30.5 Å². The van der Waals surface area contributed by atoms with Crippen LogP contribution in [0.4, 0.5) is 23.0 Å². The molecule has 4 aromatic carbocycles. The van der Waals surface area contributed by atoms with Gasteiger partial charge in [0, 0.05) is 11.8 Å². The zero-order chi connectivity index (χ0) is 35.0. The van der Waals surface area contributed by atoms with Crippen LogP contribution in [0.25, 0.3) is 10.8 Å². The summed E-state index contributed by atoms with van der Waals surface area (Å²) >= 11 is 0. The Morgan fingerprint density at radius 2 is 1.48 bits per heavy atom. The first-order chi connectivity index (χ1) is 22.5. The van der Waals surface area contributed by atoms with E-state index in [9.17, 15) is 55.6 Å². The summed E-state index contributed by atoms with van der Waals surface area (Å²) in [6, 6.07) is 13.3. The molecular weight excluding hydrogens is 676 g/mol. The van der Waals surface area contributed by atoms with Crippen molar-refractivity contribution in [2.45, 2.75) is 16.2 Å². The maximum Gasteiger partial charge on any atom is 0.349 e. The number of phenols is 1. The van der Waals surface area contributed by atoms with Crippen molar-refractivity contribution in [2.24, 2.45) is 10.2 Å². The van der Waals surface area contributed by atoms with Crippen LogP contribution in [-0.4, -0.2) is 68.2 Å². The van der Waals surface area contributed by atoms with Gasteiger partial charge in [0.15, 0.2) is 5.75 Å². The molecule has 1 heterocycles. The number of carbonyl (C=O) groups is 2. The molecule has 0 amide bonds. The van der Waals surface area contributed by atoms with Crippen LogP contribution in [0.2, 0.25) is 0 Å². The van der Waals surface area contributed by atoms with Crippen LogP contribution in [0.15, 0.2) is 91.5 Å². The lowest BCUT2D eigenvalue weighted by Crippen LogP contribution is -2.18. The number of carboxylic acids is 2. The number of hydrogen-bond donors (Lipinski definition) is 7. The van der Waals surface area contributed by atoms with Crippen LogP contribution >= 0.6 is 0 Å². The quantitative estimate of drug-likeness (QED) is 0.0809. The van der Waals surface area contributed by atoms with E-state index in [0.29, 0.717) is 6.07 Å². The van der Waals surface area contributed by atoms with Gasteiger partial charge in [-0.25, -0.2) is 14.4 Å². The summed E-state index contributed by atoms with van der Waals surface area (Å²) in [6.07, 6.45) is -0.202. The number of carboxylic acid groups (broad SMARTS) is 2. The molecule has 246 valence electrons. The van der Waals surface area contributed by atoms with Crippen LogP contribution in [0.5, 0.6) is 5.75 Å². The zero-order valence-corrected chi connectivity index (χ0v) is 25.4. The molecule has 20 heteroatoms. The first-order valence-electron chi connectivity index (χ1n) is 13.1. The van der Waals surface area contributed by atoms with E-state index in [1.807, 2.05) is 0 Å². The van der Waals surface area contributed by atoms with Gasteiger partial charge in [0.2, 0.25) is 5.95 Å². The molecule has 0 aliphatic rings. The number of anilines is 2. The van der Waals surface area contributed by atoms with Crippen LogP contribution in [0.3, 0.4) is 0 Å². The van der Waals surface area contributed by atoms with Gasteiger partial charge in [-0.2, -0.15) is 26.8 Å². The van der Waals surface area contributed by atoms with Crippen molar-refractivity contribution in [3.8, 4) is 5.75 Å². The highest BCUT2D eigenvalue weighted by atomic mass is 32.2. The van der Waals surface area contributed by atoms with Crippen molar-refractivity contribution < 1.29 is 50.8 Å². The van der Waals surface area contributed by atoms with Gasteiger partial charge in [-0.1, -0.05) is 30.3 Å². The number of H-pyrrole nitrogens is 1. The lowest BCUT2D eigenvalue weighted by molar-refractivity contribution is 0.0686.